The van der Waals surface area contributed by atoms with Crippen LogP contribution in [0.2, 0.25) is 0 Å². The van der Waals surface area contributed by atoms with Gasteiger partial charge in [-0.2, -0.15) is 0 Å². The molecule has 0 saturated carbocycles. The van der Waals surface area contributed by atoms with Crippen molar-refractivity contribution in [3.05, 3.63) is 0 Å². The van der Waals surface area contributed by atoms with Gasteiger partial charge in [-0.25, -0.2) is 0 Å². The Kier molecular flexibility index (Phi) is 7.64. The van der Waals surface area contributed by atoms with E-state index in [1.807, 2.05) is 0 Å². The molecule has 0 unspecified atom stereocenters. The Balaban J connectivity index is 4.11. The predicted molar refractivity (Wildman–Crippen MR) is 61.6 cm³/mol. The first-order valence-corrected chi connectivity index (χ1v) is 7.24. The molecular formula is C10H21O5P. The van der Waals surface area contributed by atoms with Gasteiger partial charge < -0.3 is 13.8 Å². The van der Waals surface area contributed by atoms with E-state index < -0.39 is 7.60 Å². The SMILES string of the molecule is CCOP(=O)(CCC(=O)OC(C)C)OCC. The smallest absolute Gasteiger partial charge is 0.331 e. The Hall–Kier alpha value is -0.380. The van der Waals surface area contributed by atoms with Gasteiger partial charge in [0.2, 0.25) is 0 Å². The number of carbonyl (C=O) groups excluding carboxylic acids is 1. The molecule has 0 heterocycles. The molecule has 0 aliphatic carbocycles. The lowest BCUT2D eigenvalue weighted by Crippen LogP contribution is -2.13. The molecule has 0 aliphatic heterocycles. The summed E-state index contributed by atoms with van der Waals surface area (Å²) >= 11 is 0. The third-order valence-corrected chi connectivity index (χ3v) is 3.68. The van der Waals surface area contributed by atoms with E-state index >= 15 is 0 Å². The number of hydrogen-bond acceptors (Lipinski definition) is 5. The van der Waals surface area contributed by atoms with Crippen LogP contribution in [0.25, 0.3) is 0 Å². The lowest BCUT2D eigenvalue weighted by molar-refractivity contribution is -0.146. The number of hydrogen-bond donors (Lipinski definition) is 0. The Morgan fingerprint density at radius 1 is 1.19 bits per heavy atom. The standard InChI is InChI=1S/C10H21O5P/c1-5-13-16(12,14-6-2)8-7-10(11)15-9(3)4/h9H,5-8H2,1-4H3. The zero-order valence-electron chi connectivity index (χ0n) is 10.4. The Bertz CT molecular complexity index is 242. The van der Waals surface area contributed by atoms with Gasteiger partial charge in [-0.1, -0.05) is 0 Å². The monoisotopic (exact) mass is 252 g/mol. The second-order valence-electron chi connectivity index (χ2n) is 3.46. The van der Waals surface area contributed by atoms with E-state index in [4.69, 9.17) is 13.8 Å². The summed E-state index contributed by atoms with van der Waals surface area (Å²) in [7, 11) is -3.12. The van der Waals surface area contributed by atoms with Gasteiger partial charge in [0.25, 0.3) is 0 Å². The van der Waals surface area contributed by atoms with Gasteiger partial charge in [-0.15, -0.1) is 0 Å². The summed E-state index contributed by atoms with van der Waals surface area (Å²) in [5.74, 6) is -0.380. The van der Waals surface area contributed by atoms with E-state index in [-0.39, 0.29) is 24.7 Å². The lowest BCUT2D eigenvalue weighted by atomic mass is 10.4. The molecule has 0 rings (SSSR count). The van der Waals surface area contributed by atoms with Crippen molar-refractivity contribution in [2.75, 3.05) is 19.4 Å². The molecule has 0 aromatic heterocycles. The predicted octanol–water partition coefficient (Wildman–Crippen LogP) is 2.59. The summed E-state index contributed by atoms with van der Waals surface area (Å²) in [4.78, 5) is 11.3. The van der Waals surface area contributed by atoms with Gasteiger partial charge in [0, 0.05) is 0 Å². The van der Waals surface area contributed by atoms with Gasteiger partial charge in [0.05, 0.1) is 31.9 Å². The van der Waals surface area contributed by atoms with Crippen molar-refractivity contribution in [3.8, 4) is 0 Å². The van der Waals surface area contributed by atoms with Crippen LogP contribution in [-0.4, -0.2) is 31.4 Å². The lowest BCUT2D eigenvalue weighted by Gasteiger charge is -2.16. The summed E-state index contributed by atoms with van der Waals surface area (Å²) in [5.41, 5.74) is 0. The van der Waals surface area contributed by atoms with Crippen LogP contribution in [0.15, 0.2) is 0 Å². The second-order valence-corrected chi connectivity index (χ2v) is 5.64. The van der Waals surface area contributed by atoms with Crippen molar-refractivity contribution in [1.82, 2.24) is 0 Å². The minimum absolute atomic E-state index is 0.0510. The minimum Gasteiger partial charge on any atom is -0.463 e. The first-order valence-electron chi connectivity index (χ1n) is 5.51. The summed E-state index contributed by atoms with van der Waals surface area (Å²) < 4.78 is 27.0. The average molecular weight is 252 g/mol. The minimum atomic E-state index is -3.12. The van der Waals surface area contributed by atoms with Crippen LogP contribution in [0.4, 0.5) is 0 Å². The molecule has 16 heavy (non-hydrogen) atoms. The Morgan fingerprint density at radius 3 is 2.06 bits per heavy atom. The maximum atomic E-state index is 12.0. The molecule has 0 bridgehead atoms. The van der Waals surface area contributed by atoms with E-state index in [1.54, 1.807) is 27.7 Å². The fourth-order valence-corrected chi connectivity index (χ4v) is 2.69. The van der Waals surface area contributed by atoms with Gasteiger partial charge in [0.1, 0.15) is 0 Å². The average Bonchev–Trinajstić information content (AvgIpc) is 2.15. The van der Waals surface area contributed by atoms with Crippen LogP contribution < -0.4 is 0 Å². The van der Waals surface area contributed by atoms with E-state index in [0.717, 1.165) is 0 Å². The van der Waals surface area contributed by atoms with E-state index in [0.29, 0.717) is 13.2 Å². The molecule has 0 aromatic rings. The first-order chi connectivity index (χ1) is 7.43. The Labute approximate surface area is 97.0 Å². The molecule has 0 N–H and O–H groups in total. The summed E-state index contributed by atoms with van der Waals surface area (Å²) in [6.07, 6.45) is -0.0403. The zero-order chi connectivity index (χ0) is 12.6. The molecule has 6 heteroatoms. The van der Waals surface area contributed by atoms with E-state index in [9.17, 15) is 9.36 Å². The molecule has 0 aliphatic rings. The van der Waals surface area contributed by atoms with Gasteiger partial charge >= 0.3 is 13.6 Å². The van der Waals surface area contributed by atoms with Crippen LogP contribution in [0.5, 0.6) is 0 Å². The summed E-state index contributed by atoms with van der Waals surface area (Å²) in [6, 6.07) is 0. The van der Waals surface area contributed by atoms with Crippen LogP contribution in [-0.2, 0) is 23.1 Å². The van der Waals surface area contributed by atoms with Crippen molar-refractivity contribution in [2.24, 2.45) is 0 Å². The fraction of sp³-hybridized carbons (Fsp3) is 0.900. The summed E-state index contributed by atoms with van der Waals surface area (Å²) in [5, 5.41) is 0. The molecule has 0 saturated heterocycles. The fourth-order valence-electron chi connectivity index (χ4n) is 1.11. The van der Waals surface area contributed by atoms with Crippen molar-refractivity contribution in [2.45, 2.75) is 40.2 Å². The van der Waals surface area contributed by atoms with Gasteiger partial charge in [-0.3, -0.25) is 9.36 Å². The number of esters is 1. The third kappa shape index (κ3) is 6.99. The van der Waals surface area contributed by atoms with Crippen LogP contribution in [0.3, 0.4) is 0 Å². The number of carbonyl (C=O) groups is 1. The largest absolute Gasteiger partial charge is 0.463 e. The maximum absolute atomic E-state index is 12.0. The molecule has 0 spiro atoms. The highest BCUT2D eigenvalue weighted by atomic mass is 31.2. The molecule has 0 radical (unpaired) electrons. The van der Waals surface area contributed by atoms with Gasteiger partial charge in [-0.05, 0) is 27.7 Å². The molecule has 96 valence electrons. The zero-order valence-corrected chi connectivity index (χ0v) is 11.3. The molecule has 0 fully saturated rings. The molecule has 0 aromatic carbocycles. The highest BCUT2D eigenvalue weighted by Crippen LogP contribution is 2.48. The molecule has 0 amide bonds. The molecule has 5 nitrogen and oxygen atoms in total. The van der Waals surface area contributed by atoms with Crippen molar-refractivity contribution in [1.29, 1.82) is 0 Å². The third-order valence-electron chi connectivity index (χ3n) is 1.61. The number of rotatable bonds is 8. The first kappa shape index (κ1) is 15.6. The second kappa shape index (κ2) is 7.82. The normalized spacial score (nSPS) is 11.8. The summed E-state index contributed by atoms with van der Waals surface area (Å²) in [6.45, 7) is 7.61. The maximum Gasteiger partial charge on any atom is 0.331 e. The van der Waals surface area contributed by atoms with Crippen molar-refractivity contribution < 1.29 is 23.1 Å². The van der Waals surface area contributed by atoms with Crippen molar-refractivity contribution >= 4 is 13.6 Å². The quantitative estimate of drug-likeness (QED) is 0.491. The van der Waals surface area contributed by atoms with Crippen molar-refractivity contribution in [3.63, 3.8) is 0 Å². The van der Waals surface area contributed by atoms with E-state index in [1.165, 1.54) is 0 Å². The van der Waals surface area contributed by atoms with Crippen LogP contribution in [0.1, 0.15) is 34.1 Å². The molecular weight excluding hydrogens is 231 g/mol. The van der Waals surface area contributed by atoms with E-state index in [2.05, 4.69) is 0 Å². The highest BCUT2D eigenvalue weighted by Gasteiger charge is 2.25. The highest BCUT2D eigenvalue weighted by molar-refractivity contribution is 7.53. The van der Waals surface area contributed by atoms with Gasteiger partial charge in [0.15, 0.2) is 0 Å². The van der Waals surface area contributed by atoms with Crippen LogP contribution >= 0.6 is 7.60 Å². The number of ether oxygens (including phenoxy) is 1. The van der Waals surface area contributed by atoms with Crippen LogP contribution in [0, 0.1) is 0 Å². The topological polar surface area (TPSA) is 61.8 Å². The molecule has 0 atom stereocenters. The Morgan fingerprint density at radius 2 is 1.69 bits per heavy atom.